The normalized spacial score (nSPS) is 12.2. The number of carbonyl (C=O) groups is 2. The predicted octanol–water partition coefficient (Wildman–Crippen LogP) is 7.40. The number of amides is 1. The lowest BCUT2D eigenvalue weighted by atomic mass is 10.0. The summed E-state index contributed by atoms with van der Waals surface area (Å²) in [5.74, 6) is -1.18. The fourth-order valence-electron chi connectivity index (χ4n) is 5.67. The molecule has 5 rings (SSSR count). The molecule has 0 atom stereocenters. The van der Waals surface area contributed by atoms with E-state index in [1.54, 1.807) is 49.1 Å². The molecule has 0 aliphatic carbocycles. The van der Waals surface area contributed by atoms with E-state index in [0.29, 0.717) is 52.2 Å². The van der Waals surface area contributed by atoms with E-state index in [0.717, 1.165) is 29.0 Å². The first-order valence-electron chi connectivity index (χ1n) is 16.5. The molecule has 2 N–H and O–H groups in total. The number of rotatable bonds is 6. The Morgan fingerprint density at radius 1 is 0.833 bits per heavy atom. The summed E-state index contributed by atoms with van der Waals surface area (Å²) >= 11 is 0. The number of halogens is 2. The Balaban J connectivity index is 0.000000428. The van der Waals surface area contributed by atoms with Crippen LogP contribution in [0.1, 0.15) is 60.2 Å². The summed E-state index contributed by atoms with van der Waals surface area (Å²) in [7, 11) is -6.55. The van der Waals surface area contributed by atoms with Crippen LogP contribution in [-0.2, 0) is 48.5 Å². The van der Waals surface area contributed by atoms with Crippen molar-refractivity contribution in [2.24, 2.45) is 0 Å². The second kappa shape index (κ2) is 19.9. The van der Waals surface area contributed by atoms with Crippen LogP contribution in [0.4, 0.5) is 25.8 Å². The third-order valence-corrected chi connectivity index (χ3v) is 10.6. The number of aldehydes is 1. The monoisotopic (exact) mass is 789 g/mol. The molecular formula is C39H49F2N3O8S2. The van der Waals surface area contributed by atoms with Gasteiger partial charge in [-0.1, -0.05) is 51.6 Å². The molecular weight excluding hydrogens is 741 g/mol. The average molecular weight is 790 g/mol. The lowest BCUT2D eigenvalue weighted by Crippen LogP contribution is -2.33. The van der Waals surface area contributed by atoms with E-state index >= 15 is 0 Å². The van der Waals surface area contributed by atoms with E-state index in [1.807, 2.05) is 27.7 Å². The molecule has 0 aromatic heterocycles. The van der Waals surface area contributed by atoms with Crippen molar-refractivity contribution in [2.75, 3.05) is 29.7 Å². The number of fused-ring (bicyclic) bond motifs is 1. The van der Waals surface area contributed by atoms with Gasteiger partial charge in [0.15, 0.2) is 19.7 Å². The molecule has 1 aliphatic rings. The van der Waals surface area contributed by atoms with Crippen molar-refractivity contribution in [1.82, 2.24) is 0 Å². The van der Waals surface area contributed by atoms with Crippen LogP contribution in [0.2, 0.25) is 0 Å². The summed E-state index contributed by atoms with van der Waals surface area (Å²) in [5.41, 5.74) is 10.6. The predicted molar refractivity (Wildman–Crippen MR) is 210 cm³/mol. The first kappa shape index (κ1) is 47.0. The van der Waals surface area contributed by atoms with Gasteiger partial charge in [0.1, 0.15) is 17.9 Å². The molecule has 0 saturated carbocycles. The second-order valence-electron chi connectivity index (χ2n) is 12.1. The quantitative estimate of drug-likeness (QED) is 0.0903. The average Bonchev–Trinajstić information content (AvgIpc) is 3.23. The van der Waals surface area contributed by atoms with E-state index in [1.165, 1.54) is 30.5 Å². The van der Waals surface area contributed by atoms with Gasteiger partial charge in [-0.3, -0.25) is 14.9 Å². The fraction of sp³-hybridized carbons (Fsp3) is 0.333. The van der Waals surface area contributed by atoms with Crippen molar-refractivity contribution < 1.29 is 40.1 Å². The molecule has 54 heavy (non-hydrogen) atoms. The molecule has 4 aromatic rings. The van der Waals surface area contributed by atoms with Crippen molar-refractivity contribution in [3.8, 4) is 0 Å². The Morgan fingerprint density at radius 3 is 1.89 bits per heavy atom. The first-order chi connectivity index (χ1) is 24.7. The van der Waals surface area contributed by atoms with Crippen LogP contribution in [0.25, 0.3) is 0 Å². The Kier molecular flexibility index (Phi) is 17.3. The van der Waals surface area contributed by atoms with Gasteiger partial charge in [-0.15, -0.1) is 0 Å². The van der Waals surface area contributed by atoms with Crippen molar-refractivity contribution in [1.29, 1.82) is 0 Å². The maximum absolute atomic E-state index is 14.1. The Bertz CT molecular complexity index is 2230. The van der Waals surface area contributed by atoms with Gasteiger partial charge in [0.05, 0.1) is 26.7 Å². The number of sulfone groups is 2. The highest BCUT2D eigenvalue weighted by Gasteiger charge is 2.26. The Morgan fingerprint density at radius 2 is 1.35 bits per heavy atom. The van der Waals surface area contributed by atoms with Gasteiger partial charge in [-0.2, -0.15) is 0 Å². The number of nitrogens with zero attached hydrogens (tertiary/aromatic N) is 2. The smallest absolute Gasteiger partial charge is 0.275 e. The standard InChI is InChI=1S/C19H20FNO3S.C9H13NO2S.C8H6FNO3.C2H6.CH4/c1-12-9-13(2)18(25(3,23)24)11-17(12)21-8-7-15-14(10-19(21)22)5-4-6-16(15)20;1-6-4-7(2)9(5-8(6)10)13(3,11)12;9-7-2-1-3-8(10(12)13)6(7)4-5-11;1-2;/h4-6,9,11H,7-8,10H2,1-3H3;4-5H,10H2,1-3H3;1-3,5H,4H2;1-2H3;1H4. The molecule has 15 heteroatoms. The maximum atomic E-state index is 14.1. The number of hydrogen-bond acceptors (Lipinski definition) is 9. The summed E-state index contributed by atoms with van der Waals surface area (Å²) in [4.78, 5) is 34.6. The minimum Gasteiger partial charge on any atom is -0.398 e. The van der Waals surface area contributed by atoms with Crippen molar-refractivity contribution in [3.05, 3.63) is 121 Å². The summed E-state index contributed by atoms with van der Waals surface area (Å²) in [6, 6.07) is 14.9. The topological polar surface area (TPSA) is 175 Å². The van der Waals surface area contributed by atoms with E-state index < -0.39 is 30.4 Å². The summed E-state index contributed by atoms with van der Waals surface area (Å²) < 4.78 is 73.5. The molecule has 0 spiro atoms. The van der Waals surface area contributed by atoms with Crippen LogP contribution in [0, 0.1) is 49.4 Å². The van der Waals surface area contributed by atoms with Crippen molar-refractivity contribution in [3.63, 3.8) is 0 Å². The SMILES string of the molecule is C.CC.Cc1cc(C)c(S(C)(=O)=O)cc1N.Cc1cc(C)c(S(C)(=O)=O)cc1N1CCc2c(F)cccc2CC1=O.O=CCc1c(F)cccc1[N+](=O)[O-]. The van der Waals surface area contributed by atoms with Crippen LogP contribution >= 0.6 is 0 Å². The Labute approximate surface area is 317 Å². The summed E-state index contributed by atoms with van der Waals surface area (Å²) in [6.45, 7) is 11.5. The van der Waals surface area contributed by atoms with Gasteiger partial charge in [-0.05, 0) is 91.8 Å². The zero-order valence-corrected chi connectivity index (χ0v) is 32.6. The highest BCUT2D eigenvalue weighted by atomic mass is 32.2. The van der Waals surface area contributed by atoms with Crippen LogP contribution < -0.4 is 10.6 Å². The zero-order valence-electron chi connectivity index (χ0n) is 31.0. The van der Waals surface area contributed by atoms with Gasteiger partial charge < -0.3 is 15.4 Å². The molecule has 0 unspecified atom stereocenters. The minimum absolute atomic E-state index is 0. The third kappa shape index (κ3) is 12.0. The number of benzene rings is 4. The molecule has 0 radical (unpaired) electrons. The van der Waals surface area contributed by atoms with E-state index in [2.05, 4.69) is 0 Å². The van der Waals surface area contributed by atoms with Gasteiger partial charge in [0.25, 0.3) is 5.69 Å². The molecule has 11 nitrogen and oxygen atoms in total. The largest absolute Gasteiger partial charge is 0.398 e. The number of nitrogen functional groups attached to an aromatic ring is 1. The minimum atomic E-state index is -3.40. The molecule has 0 saturated heterocycles. The van der Waals surface area contributed by atoms with Crippen LogP contribution in [0.15, 0.2) is 70.5 Å². The number of nitro groups is 1. The molecule has 0 bridgehead atoms. The lowest BCUT2D eigenvalue weighted by molar-refractivity contribution is -0.385. The molecule has 4 aromatic carbocycles. The highest BCUT2D eigenvalue weighted by molar-refractivity contribution is 7.91. The summed E-state index contributed by atoms with van der Waals surface area (Å²) in [6.07, 6.45) is 3.01. The third-order valence-electron chi connectivity index (χ3n) is 8.17. The number of nitro benzene ring substituents is 1. The van der Waals surface area contributed by atoms with E-state index in [-0.39, 0.29) is 48.1 Å². The molecule has 1 aliphatic heterocycles. The number of carbonyl (C=O) groups excluding carboxylic acids is 2. The Hall–Kier alpha value is -5.02. The fourth-order valence-corrected chi connectivity index (χ4v) is 7.63. The van der Waals surface area contributed by atoms with Crippen LogP contribution in [0.3, 0.4) is 0 Å². The molecule has 1 amide bonds. The van der Waals surface area contributed by atoms with Crippen LogP contribution in [0.5, 0.6) is 0 Å². The number of hydrogen-bond donors (Lipinski definition) is 1. The van der Waals surface area contributed by atoms with Gasteiger partial charge >= 0.3 is 0 Å². The van der Waals surface area contributed by atoms with Crippen LogP contribution in [-0.4, -0.2) is 53.0 Å². The maximum Gasteiger partial charge on any atom is 0.275 e. The molecule has 0 fully saturated rings. The van der Waals surface area contributed by atoms with Gasteiger partial charge in [0, 0.05) is 42.9 Å². The summed E-state index contributed by atoms with van der Waals surface area (Å²) in [5, 5.41) is 10.4. The van der Waals surface area contributed by atoms with Crippen molar-refractivity contribution in [2.45, 2.75) is 78.0 Å². The second-order valence-corrected chi connectivity index (χ2v) is 16.1. The number of aryl methyl sites for hydroxylation is 4. The molecule has 1 heterocycles. The van der Waals surface area contributed by atoms with E-state index in [9.17, 15) is 45.3 Å². The number of anilines is 2. The lowest BCUT2D eigenvalue weighted by Gasteiger charge is -2.24. The first-order valence-corrected chi connectivity index (χ1v) is 20.3. The van der Waals surface area contributed by atoms with Gasteiger partial charge in [-0.25, -0.2) is 25.6 Å². The highest BCUT2D eigenvalue weighted by Crippen LogP contribution is 2.30. The molecule has 294 valence electrons. The zero-order chi connectivity index (χ0) is 40.4. The van der Waals surface area contributed by atoms with Gasteiger partial charge in [0.2, 0.25) is 5.91 Å². The van der Waals surface area contributed by atoms with Crippen molar-refractivity contribution >= 4 is 48.9 Å². The van der Waals surface area contributed by atoms with E-state index in [4.69, 9.17) is 5.73 Å². The number of nitrogens with two attached hydrogens (primary N) is 1.